The van der Waals surface area contributed by atoms with Gasteiger partial charge in [0.2, 0.25) is 0 Å². The number of benzene rings is 2. The van der Waals surface area contributed by atoms with Crippen LogP contribution in [0.1, 0.15) is 66.3 Å². The molecule has 1 aliphatic rings. The van der Waals surface area contributed by atoms with E-state index in [1.807, 2.05) is 13.8 Å². The van der Waals surface area contributed by atoms with Crippen LogP contribution in [0.15, 0.2) is 21.1 Å². The number of carbonyl (C=O) groups excluding carboxylic acids is 1. The van der Waals surface area contributed by atoms with Gasteiger partial charge < -0.3 is 24.1 Å². The van der Waals surface area contributed by atoms with E-state index in [9.17, 15) is 23.1 Å². The Hall–Kier alpha value is -1.98. The minimum Gasteiger partial charge on any atom is -0.495 e. The maximum atomic E-state index is 13.1. The van der Waals surface area contributed by atoms with Gasteiger partial charge in [0.15, 0.2) is 11.5 Å². The molecule has 0 unspecified atom stereocenters. The molecule has 198 valence electrons. The zero-order chi connectivity index (χ0) is 26.8. The molecule has 0 aliphatic carbocycles. The summed E-state index contributed by atoms with van der Waals surface area (Å²) >= 11 is 6.95. The predicted octanol–water partition coefficient (Wildman–Crippen LogP) is 7.79. The summed E-state index contributed by atoms with van der Waals surface area (Å²) in [5.74, 6) is 0.105. The van der Waals surface area contributed by atoms with Crippen LogP contribution in [0.25, 0.3) is 0 Å². The number of esters is 1. The Kier molecular flexibility index (Phi) is 9.21. The van der Waals surface area contributed by atoms with Gasteiger partial charge in [0, 0.05) is 16.5 Å². The molecule has 1 N–H and O–H groups in total. The monoisotopic (exact) mass is 638 g/mol. The van der Waals surface area contributed by atoms with Crippen molar-refractivity contribution < 1.29 is 42.0 Å². The number of cyclic esters (lactones) is 1. The fraction of sp³-hybridized carbons (Fsp3) is 0.480. The van der Waals surface area contributed by atoms with Gasteiger partial charge in [-0.3, -0.25) is 0 Å². The van der Waals surface area contributed by atoms with E-state index in [0.717, 1.165) is 0 Å². The Morgan fingerprint density at radius 2 is 1.86 bits per heavy atom. The molecular formula is C25H27Br2F3O6. The van der Waals surface area contributed by atoms with Crippen molar-refractivity contribution in [3.63, 3.8) is 0 Å². The number of hydrogen-bond donors (Lipinski definition) is 1. The Morgan fingerprint density at radius 3 is 2.47 bits per heavy atom. The Labute approximate surface area is 224 Å². The summed E-state index contributed by atoms with van der Waals surface area (Å²) < 4.78 is 61.9. The van der Waals surface area contributed by atoms with Crippen molar-refractivity contribution >= 4 is 37.8 Å². The summed E-state index contributed by atoms with van der Waals surface area (Å²) in [6, 6.07) is 3.14. The molecule has 0 radical (unpaired) electrons. The van der Waals surface area contributed by atoms with Crippen LogP contribution in [0, 0.1) is 12.8 Å². The summed E-state index contributed by atoms with van der Waals surface area (Å²) in [4.78, 5) is 13.1. The average molecular weight is 640 g/mol. The minimum atomic E-state index is -4.29. The number of halogens is 5. The number of hydrogen-bond acceptors (Lipinski definition) is 6. The molecule has 11 heteroatoms. The van der Waals surface area contributed by atoms with E-state index in [1.165, 1.54) is 13.2 Å². The van der Waals surface area contributed by atoms with E-state index in [4.69, 9.17) is 18.9 Å². The standard InChI is InChI=1S/C25H27Br2F3O6/c1-12(2)10-16(31)14-6-7-17-18(21(14)33-4)24(32)35-11-15-19(26)13(3)20(27)23(22(15)36-17)34-9-5-8-25(28,29)30/h6-7,12,16,31H,5,8-11H2,1-4H3/t16-/m0/s1. The normalized spacial score (nSPS) is 14.2. The molecule has 3 rings (SSSR count). The van der Waals surface area contributed by atoms with Crippen LogP contribution in [0.3, 0.4) is 0 Å². The molecule has 1 atom stereocenters. The van der Waals surface area contributed by atoms with E-state index in [2.05, 4.69) is 31.9 Å². The number of methoxy groups -OCH3 is 1. The summed E-state index contributed by atoms with van der Waals surface area (Å²) in [5.41, 5.74) is 1.58. The van der Waals surface area contributed by atoms with Gasteiger partial charge in [-0.2, -0.15) is 13.2 Å². The number of carbonyl (C=O) groups is 1. The van der Waals surface area contributed by atoms with Gasteiger partial charge in [-0.05, 0) is 75.2 Å². The molecule has 0 bridgehead atoms. The molecule has 0 aromatic heterocycles. The Morgan fingerprint density at radius 1 is 1.17 bits per heavy atom. The highest BCUT2D eigenvalue weighted by molar-refractivity contribution is 9.11. The van der Waals surface area contributed by atoms with E-state index >= 15 is 0 Å². The lowest BCUT2D eigenvalue weighted by Crippen LogP contribution is -2.16. The molecule has 6 nitrogen and oxygen atoms in total. The maximum absolute atomic E-state index is 13.1. The lowest BCUT2D eigenvalue weighted by molar-refractivity contribution is -0.136. The molecule has 0 amide bonds. The second-order valence-electron chi connectivity index (χ2n) is 8.84. The second kappa shape index (κ2) is 11.6. The highest BCUT2D eigenvalue weighted by Gasteiger charge is 2.33. The van der Waals surface area contributed by atoms with Crippen LogP contribution >= 0.6 is 31.9 Å². The van der Waals surface area contributed by atoms with Crippen LogP contribution in [0.2, 0.25) is 0 Å². The van der Waals surface area contributed by atoms with Gasteiger partial charge in [0.1, 0.15) is 23.7 Å². The molecule has 2 aromatic carbocycles. The van der Waals surface area contributed by atoms with Crippen LogP contribution in [0.5, 0.6) is 23.0 Å². The Balaban J connectivity index is 2.09. The van der Waals surface area contributed by atoms with Gasteiger partial charge in [0.25, 0.3) is 0 Å². The fourth-order valence-electron chi connectivity index (χ4n) is 3.88. The van der Waals surface area contributed by atoms with Crippen molar-refractivity contribution in [2.24, 2.45) is 5.92 Å². The largest absolute Gasteiger partial charge is 0.495 e. The summed E-state index contributed by atoms with van der Waals surface area (Å²) in [6.45, 7) is 5.31. The number of fused-ring (bicyclic) bond motifs is 2. The lowest BCUT2D eigenvalue weighted by atomic mass is 9.96. The van der Waals surface area contributed by atoms with E-state index in [-0.39, 0.29) is 54.1 Å². The highest BCUT2D eigenvalue weighted by atomic mass is 79.9. The molecule has 2 aromatic rings. The zero-order valence-electron chi connectivity index (χ0n) is 20.2. The third-order valence-corrected chi connectivity index (χ3v) is 7.65. The lowest BCUT2D eigenvalue weighted by Gasteiger charge is -2.26. The number of aliphatic hydroxyl groups is 1. The van der Waals surface area contributed by atoms with E-state index in [0.29, 0.717) is 32.1 Å². The summed E-state index contributed by atoms with van der Waals surface area (Å²) in [6.07, 6.45) is -5.95. The van der Waals surface area contributed by atoms with Gasteiger partial charge in [0.05, 0.1) is 29.9 Å². The number of rotatable bonds is 8. The predicted molar refractivity (Wildman–Crippen MR) is 134 cm³/mol. The van der Waals surface area contributed by atoms with Gasteiger partial charge in [-0.1, -0.05) is 13.8 Å². The molecule has 0 spiro atoms. The molecule has 1 aliphatic heterocycles. The molecular weight excluding hydrogens is 613 g/mol. The smallest absolute Gasteiger partial charge is 0.389 e. The molecule has 0 saturated heterocycles. The molecule has 36 heavy (non-hydrogen) atoms. The fourth-order valence-corrected chi connectivity index (χ4v) is 5.13. The van der Waals surface area contributed by atoms with Gasteiger partial charge >= 0.3 is 12.1 Å². The quantitative estimate of drug-likeness (QED) is 0.235. The highest BCUT2D eigenvalue weighted by Crippen LogP contribution is 2.50. The van der Waals surface area contributed by atoms with Crippen molar-refractivity contribution in [3.8, 4) is 23.0 Å². The van der Waals surface area contributed by atoms with E-state index in [1.54, 1.807) is 13.0 Å². The SMILES string of the molecule is COc1c([C@@H](O)CC(C)C)ccc2c1C(=O)OCc1c(Br)c(C)c(Br)c(OCCCC(F)(F)F)c1O2. The maximum Gasteiger partial charge on any atom is 0.389 e. The first-order chi connectivity index (χ1) is 16.9. The summed E-state index contributed by atoms with van der Waals surface area (Å²) in [5, 5.41) is 10.7. The zero-order valence-corrected chi connectivity index (χ0v) is 23.4. The Bertz CT molecular complexity index is 1130. The third kappa shape index (κ3) is 6.28. The van der Waals surface area contributed by atoms with Gasteiger partial charge in [-0.15, -0.1) is 0 Å². The minimum absolute atomic E-state index is 0.000651. The first-order valence-electron chi connectivity index (χ1n) is 11.3. The van der Waals surface area contributed by atoms with Gasteiger partial charge in [-0.25, -0.2) is 4.79 Å². The number of aliphatic hydroxyl groups excluding tert-OH is 1. The van der Waals surface area contributed by atoms with Crippen LogP contribution in [-0.4, -0.2) is 31.0 Å². The van der Waals surface area contributed by atoms with Crippen LogP contribution < -0.4 is 14.2 Å². The average Bonchev–Trinajstić information content (AvgIpc) is 2.78. The number of ether oxygens (including phenoxy) is 4. The molecule has 0 fully saturated rings. The third-order valence-electron chi connectivity index (χ3n) is 5.63. The second-order valence-corrected chi connectivity index (χ2v) is 10.4. The van der Waals surface area contributed by atoms with Crippen molar-refractivity contribution in [1.82, 2.24) is 0 Å². The van der Waals surface area contributed by atoms with Crippen LogP contribution in [-0.2, 0) is 11.3 Å². The molecule has 1 heterocycles. The number of alkyl halides is 3. The topological polar surface area (TPSA) is 74.2 Å². The molecule has 0 saturated carbocycles. The summed E-state index contributed by atoms with van der Waals surface area (Å²) in [7, 11) is 1.38. The van der Waals surface area contributed by atoms with Crippen molar-refractivity contribution in [3.05, 3.63) is 43.3 Å². The van der Waals surface area contributed by atoms with E-state index < -0.39 is 24.7 Å². The first-order valence-corrected chi connectivity index (χ1v) is 12.9. The first kappa shape index (κ1) is 28.6. The van der Waals surface area contributed by atoms with Crippen molar-refractivity contribution in [1.29, 1.82) is 0 Å². The van der Waals surface area contributed by atoms with Crippen molar-refractivity contribution in [2.45, 2.75) is 58.9 Å². The van der Waals surface area contributed by atoms with Crippen LogP contribution in [0.4, 0.5) is 13.2 Å². The van der Waals surface area contributed by atoms with Crippen molar-refractivity contribution in [2.75, 3.05) is 13.7 Å².